The van der Waals surface area contributed by atoms with Gasteiger partial charge in [-0.1, -0.05) is 0 Å². The Kier molecular flexibility index (Phi) is 2.37. The van der Waals surface area contributed by atoms with Crippen molar-refractivity contribution >= 4 is 0 Å². The van der Waals surface area contributed by atoms with E-state index in [1.807, 2.05) is 0 Å². The summed E-state index contributed by atoms with van der Waals surface area (Å²) in [4.78, 5) is 2.61. The van der Waals surface area contributed by atoms with Crippen molar-refractivity contribution in [2.75, 3.05) is 14.1 Å². The molecule has 70 valence electrons. The van der Waals surface area contributed by atoms with Gasteiger partial charge in [-0.15, -0.1) is 0 Å². The molecule has 0 aliphatic heterocycles. The van der Waals surface area contributed by atoms with Crippen LogP contribution in [0.5, 0.6) is 0 Å². The molecule has 2 atom stereocenters. The maximum absolute atomic E-state index is 3.38. The second kappa shape index (κ2) is 3.35. The molecule has 0 spiro atoms. The van der Waals surface area contributed by atoms with Crippen LogP contribution in [-0.2, 0) is 0 Å². The summed E-state index contributed by atoms with van der Waals surface area (Å²) in [5, 5.41) is 3.38. The molecule has 0 aromatic heterocycles. The topological polar surface area (TPSA) is 15.3 Å². The fourth-order valence-electron chi connectivity index (χ4n) is 2.37. The van der Waals surface area contributed by atoms with Crippen LogP contribution < -0.4 is 5.32 Å². The van der Waals surface area contributed by atoms with Crippen LogP contribution in [0.15, 0.2) is 0 Å². The van der Waals surface area contributed by atoms with Gasteiger partial charge in [-0.25, -0.2) is 0 Å². The van der Waals surface area contributed by atoms with E-state index in [1.54, 1.807) is 0 Å². The average molecular weight is 168 g/mol. The van der Waals surface area contributed by atoms with Crippen LogP contribution in [0.2, 0.25) is 0 Å². The lowest BCUT2D eigenvalue weighted by molar-refractivity contribution is 0.232. The summed E-state index contributed by atoms with van der Waals surface area (Å²) in [6.07, 6.45) is 7.02. The molecule has 2 aliphatic carbocycles. The molecule has 0 aromatic rings. The quantitative estimate of drug-likeness (QED) is 0.681. The van der Waals surface area contributed by atoms with Gasteiger partial charge in [0.15, 0.2) is 0 Å². The lowest BCUT2D eigenvalue weighted by Crippen LogP contribution is -2.33. The van der Waals surface area contributed by atoms with Crippen LogP contribution in [-0.4, -0.2) is 37.1 Å². The van der Waals surface area contributed by atoms with E-state index in [4.69, 9.17) is 0 Å². The van der Waals surface area contributed by atoms with Crippen molar-refractivity contribution in [1.29, 1.82) is 0 Å². The molecule has 2 nitrogen and oxygen atoms in total. The monoisotopic (exact) mass is 168 g/mol. The predicted octanol–water partition coefficient (Wildman–Crippen LogP) is 1.22. The van der Waals surface area contributed by atoms with Crippen LogP contribution in [0, 0.1) is 0 Å². The minimum Gasteiger partial charge on any atom is -0.317 e. The molecule has 0 heterocycles. The molecule has 0 amide bonds. The molecular formula is C10H20N2. The van der Waals surface area contributed by atoms with Gasteiger partial charge in [0, 0.05) is 18.1 Å². The Balaban J connectivity index is 1.81. The Morgan fingerprint density at radius 2 is 1.75 bits per heavy atom. The zero-order chi connectivity index (χ0) is 8.55. The zero-order valence-electron chi connectivity index (χ0n) is 8.21. The molecule has 2 heteroatoms. The summed E-state index contributed by atoms with van der Waals surface area (Å²) < 4.78 is 0. The fourth-order valence-corrected chi connectivity index (χ4v) is 2.37. The first-order valence-corrected chi connectivity index (χ1v) is 5.20. The summed E-state index contributed by atoms with van der Waals surface area (Å²) in [5.41, 5.74) is 0. The number of hydrogen-bond acceptors (Lipinski definition) is 2. The highest BCUT2D eigenvalue weighted by Crippen LogP contribution is 2.32. The Hall–Kier alpha value is -0.0800. The predicted molar refractivity (Wildman–Crippen MR) is 51.3 cm³/mol. The molecule has 2 saturated carbocycles. The molecule has 2 rings (SSSR count). The van der Waals surface area contributed by atoms with Crippen molar-refractivity contribution in [1.82, 2.24) is 10.2 Å². The van der Waals surface area contributed by atoms with Gasteiger partial charge in [-0.3, -0.25) is 0 Å². The minimum atomic E-state index is 0.788. The normalized spacial score (nSPS) is 36.2. The second-order valence-corrected chi connectivity index (χ2v) is 4.35. The molecular weight excluding hydrogens is 148 g/mol. The number of nitrogens with zero attached hydrogens (tertiary/aromatic N) is 1. The van der Waals surface area contributed by atoms with Crippen LogP contribution in [0.25, 0.3) is 0 Å². The third kappa shape index (κ3) is 1.64. The van der Waals surface area contributed by atoms with E-state index in [9.17, 15) is 0 Å². The molecule has 12 heavy (non-hydrogen) atoms. The molecule has 2 unspecified atom stereocenters. The standard InChI is InChI=1S/C10H20N2/c1-11-8-3-4-10(7-8)12(2)9-5-6-9/h8-11H,3-7H2,1-2H3. The first-order valence-electron chi connectivity index (χ1n) is 5.20. The van der Waals surface area contributed by atoms with E-state index < -0.39 is 0 Å². The SMILES string of the molecule is CNC1CCC(N(C)C2CC2)C1. The van der Waals surface area contributed by atoms with Gasteiger partial charge >= 0.3 is 0 Å². The number of hydrogen-bond donors (Lipinski definition) is 1. The zero-order valence-corrected chi connectivity index (χ0v) is 8.21. The van der Waals surface area contributed by atoms with Gasteiger partial charge in [-0.05, 0) is 46.2 Å². The minimum absolute atomic E-state index is 0.788. The molecule has 1 N–H and O–H groups in total. The van der Waals surface area contributed by atoms with E-state index in [-0.39, 0.29) is 0 Å². The summed E-state index contributed by atoms with van der Waals surface area (Å²) >= 11 is 0. The van der Waals surface area contributed by atoms with Gasteiger partial charge in [0.2, 0.25) is 0 Å². The molecule has 0 aromatic carbocycles. The van der Waals surface area contributed by atoms with Crippen LogP contribution >= 0.6 is 0 Å². The van der Waals surface area contributed by atoms with Crippen molar-refractivity contribution in [2.24, 2.45) is 0 Å². The smallest absolute Gasteiger partial charge is 0.0110 e. The van der Waals surface area contributed by atoms with Crippen molar-refractivity contribution in [3.63, 3.8) is 0 Å². The third-order valence-corrected chi connectivity index (χ3v) is 3.51. The molecule has 2 fully saturated rings. The van der Waals surface area contributed by atoms with Crippen LogP contribution in [0.4, 0.5) is 0 Å². The highest BCUT2D eigenvalue weighted by molar-refractivity contribution is 4.92. The maximum Gasteiger partial charge on any atom is 0.0110 e. The second-order valence-electron chi connectivity index (χ2n) is 4.35. The summed E-state index contributed by atoms with van der Waals surface area (Å²) in [5.74, 6) is 0. The van der Waals surface area contributed by atoms with Crippen molar-refractivity contribution in [2.45, 2.75) is 50.2 Å². The van der Waals surface area contributed by atoms with Crippen molar-refractivity contribution in [3.05, 3.63) is 0 Å². The lowest BCUT2D eigenvalue weighted by Gasteiger charge is -2.23. The Morgan fingerprint density at radius 1 is 1.08 bits per heavy atom. The first kappa shape index (κ1) is 8.52. The number of nitrogens with one attached hydrogen (secondary N) is 1. The lowest BCUT2D eigenvalue weighted by atomic mass is 10.2. The maximum atomic E-state index is 3.38. The van der Waals surface area contributed by atoms with E-state index in [0.717, 1.165) is 18.1 Å². The first-order chi connectivity index (χ1) is 5.81. The Morgan fingerprint density at radius 3 is 2.25 bits per heavy atom. The van der Waals surface area contributed by atoms with E-state index in [2.05, 4.69) is 24.3 Å². The summed E-state index contributed by atoms with van der Waals surface area (Å²) in [7, 11) is 4.39. The van der Waals surface area contributed by atoms with E-state index in [0.29, 0.717) is 0 Å². The van der Waals surface area contributed by atoms with Gasteiger partial charge in [0.25, 0.3) is 0 Å². The molecule has 0 saturated heterocycles. The Labute approximate surface area is 75.3 Å². The molecule has 0 radical (unpaired) electrons. The third-order valence-electron chi connectivity index (χ3n) is 3.51. The van der Waals surface area contributed by atoms with Gasteiger partial charge < -0.3 is 10.2 Å². The highest BCUT2D eigenvalue weighted by atomic mass is 15.2. The van der Waals surface area contributed by atoms with E-state index in [1.165, 1.54) is 32.1 Å². The van der Waals surface area contributed by atoms with Crippen molar-refractivity contribution in [3.8, 4) is 0 Å². The summed E-state index contributed by atoms with van der Waals surface area (Å²) in [6, 6.07) is 2.59. The fraction of sp³-hybridized carbons (Fsp3) is 1.00. The van der Waals surface area contributed by atoms with Crippen LogP contribution in [0.3, 0.4) is 0 Å². The van der Waals surface area contributed by atoms with Gasteiger partial charge in [0.1, 0.15) is 0 Å². The van der Waals surface area contributed by atoms with E-state index >= 15 is 0 Å². The molecule has 2 aliphatic rings. The van der Waals surface area contributed by atoms with Crippen LogP contribution in [0.1, 0.15) is 32.1 Å². The number of rotatable bonds is 3. The largest absolute Gasteiger partial charge is 0.317 e. The average Bonchev–Trinajstić information content (AvgIpc) is 2.82. The highest BCUT2D eigenvalue weighted by Gasteiger charge is 2.34. The van der Waals surface area contributed by atoms with Gasteiger partial charge in [-0.2, -0.15) is 0 Å². The summed E-state index contributed by atoms with van der Waals surface area (Å²) in [6.45, 7) is 0. The van der Waals surface area contributed by atoms with Gasteiger partial charge in [0.05, 0.1) is 0 Å². The Bertz CT molecular complexity index is 154. The van der Waals surface area contributed by atoms with Crippen molar-refractivity contribution < 1.29 is 0 Å². The molecule has 0 bridgehead atoms.